The van der Waals surface area contributed by atoms with E-state index in [1.54, 1.807) is 47.6 Å². The number of hydrogen-bond acceptors (Lipinski definition) is 10. The summed E-state index contributed by atoms with van der Waals surface area (Å²) in [6.45, 7) is 4.18. The predicted octanol–water partition coefficient (Wildman–Crippen LogP) is 3.42. The van der Waals surface area contributed by atoms with Gasteiger partial charge in [-0.05, 0) is 56.0 Å². The first kappa shape index (κ1) is 26.5. The van der Waals surface area contributed by atoms with E-state index in [1.165, 1.54) is 14.2 Å². The van der Waals surface area contributed by atoms with E-state index in [-0.39, 0.29) is 5.95 Å². The van der Waals surface area contributed by atoms with E-state index in [9.17, 15) is 8.42 Å². The minimum atomic E-state index is -4.07. The highest BCUT2D eigenvalue weighted by Crippen LogP contribution is 2.39. The molecule has 1 aromatic carbocycles. The molecule has 0 radical (unpaired) electrons. The van der Waals surface area contributed by atoms with Crippen molar-refractivity contribution in [2.45, 2.75) is 38.0 Å². The molecule has 0 unspecified atom stereocenters. The number of pyridine rings is 1. The van der Waals surface area contributed by atoms with Crippen LogP contribution < -0.4 is 14.2 Å². The highest BCUT2D eigenvalue weighted by molar-refractivity contribution is 7.93. The number of nitrogens with one attached hydrogen (secondary N) is 1. The summed E-state index contributed by atoms with van der Waals surface area (Å²) in [4.78, 5) is 12.9. The molecule has 1 aliphatic rings. The minimum Gasteiger partial charge on any atom is -0.494 e. The van der Waals surface area contributed by atoms with E-state index in [0.29, 0.717) is 53.8 Å². The average Bonchev–Trinajstić information content (AvgIpc) is 3.35. The van der Waals surface area contributed by atoms with Gasteiger partial charge in [0.05, 0.1) is 14.2 Å². The largest absolute Gasteiger partial charge is 0.494 e. The molecule has 3 aromatic heterocycles. The van der Waals surface area contributed by atoms with Crippen LogP contribution in [0, 0.1) is 13.8 Å². The van der Waals surface area contributed by atoms with Gasteiger partial charge in [-0.3, -0.25) is 14.3 Å². The van der Waals surface area contributed by atoms with Crippen LogP contribution in [0.3, 0.4) is 0 Å². The SMILES string of the molecule is COc1cccc(OC)c1-n1c(NS(=O)(=O)[C@H]2CCCO[C@@H]2c2ncc(C)cn2)nnc1-c1cncc(C)c1. The lowest BCUT2D eigenvalue weighted by atomic mass is 10.1. The van der Waals surface area contributed by atoms with Crippen LogP contribution in [-0.2, 0) is 14.8 Å². The quantitative estimate of drug-likeness (QED) is 0.346. The summed E-state index contributed by atoms with van der Waals surface area (Å²) < 4.78 is 49.2. The van der Waals surface area contributed by atoms with Crippen LogP contribution in [0.5, 0.6) is 11.5 Å². The topological polar surface area (TPSA) is 143 Å². The van der Waals surface area contributed by atoms with Gasteiger partial charge in [0.1, 0.15) is 28.5 Å². The van der Waals surface area contributed by atoms with Gasteiger partial charge in [0.15, 0.2) is 11.6 Å². The van der Waals surface area contributed by atoms with Gasteiger partial charge >= 0.3 is 0 Å². The number of para-hydroxylation sites is 1. The number of nitrogens with zero attached hydrogens (tertiary/aromatic N) is 6. The first-order valence-electron chi connectivity index (χ1n) is 12.3. The fraction of sp³-hybridized carbons (Fsp3) is 0.346. The Hall–Kier alpha value is -4.10. The number of sulfonamides is 1. The number of aryl methyl sites for hydroxylation is 2. The molecule has 1 fully saturated rings. The van der Waals surface area contributed by atoms with Gasteiger partial charge in [-0.1, -0.05) is 6.07 Å². The summed E-state index contributed by atoms with van der Waals surface area (Å²) >= 11 is 0. The number of benzene rings is 1. The molecule has 0 spiro atoms. The van der Waals surface area contributed by atoms with Gasteiger partial charge in [0.2, 0.25) is 16.0 Å². The van der Waals surface area contributed by atoms with Crippen LogP contribution in [0.4, 0.5) is 5.95 Å². The maximum Gasteiger partial charge on any atom is 0.243 e. The molecule has 4 aromatic rings. The first-order valence-corrected chi connectivity index (χ1v) is 13.9. The molecule has 1 N–H and O–H groups in total. The normalized spacial score (nSPS) is 17.5. The maximum atomic E-state index is 13.9. The molecule has 1 saturated heterocycles. The molecule has 2 atom stereocenters. The second kappa shape index (κ2) is 10.9. The van der Waals surface area contributed by atoms with Crippen LogP contribution in [-0.4, -0.2) is 64.2 Å². The fourth-order valence-corrected chi connectivity index (χ4v) is 6.08. The second-order valence-electron chi connectivity index (χ2n) is 9.18. The summed E-state index contributed by atoms with van der Waals surface area (Å²) in [5.41, 5.74) is 2.83. The Morgan fingerprint density at radius 1 is 1.00 bits per heavy atom. The van der Waals surface area contributed by atoms with E-state index in [2.05, 4.69) is 29.9 Å². The Balaban J connectivity index is 1.62. The summed E-state index contributed by atoms with van der Waals surface area (Å²) in [6, 6.07) is 7.14. The molecular formula is C26H29N7O5S. The number of ether oxygens (including phenoxy) is 3. The van der Waals surface area contributed by atoms with Crippen molar-refractivity contribution in [2.75, 3.05) is 25.5 Å². The van der Waals surface area contributed by atoms with Crippen molar-refractivity contribution in [3.8, 4) is 28.6 Å². The van der Waals surface area contributed by atoms with Crippen molar-refractivity contribution in [2.24, 2.45) is 0 Å². The summed E-state index contributed by atoms with van der Waals surface area (Å²) in [5.74, 6) is 1.50. The third-order valence-corrected chi connectivity index (χ3v) is 8.12. The molecule has 39 heavy (non-hydrogen) atoms. The van der Waals surface area contributed by atoms with Gasteiger partial charge in [0, 0.05) is 37.0 Å². The molecule has 1 aliphatic heterocycles. The van der Waals surface area contributed by atoms with E-state index in [1.807, 2.05) is 19.9 Å². The van der Waals surface area contributed by atoms with Crippen molar-refractivity contribution < 1.29 is 22.6 Å². The number of anilines is 1. The lowest BCUT2D eigenvalue weighted by Crippen LogP contribution is -2.39. The minimum absolute atomic E-state index is 0.0385. The standard InChI is InChI=1S/C26H29N7O5S/c1-16-11-18(15-27-12-16)25-30-31-26(33(25)22-19(36-3)7-5-8-20(22)37-4)32-39(34,35)21-9-6-10-38-23(21)24-28-13-17(2)14-29-24/h5,7-8,11-15,21,23H,6,9-10H2,1-4H3,(H,31,32)/t21-,23-/m0/s1. The Labute approximate surface area is 226 Å². The molecule has 204 valence electrons. The zero-order valence-electron chi connectivity index (χ0n) is 22.0. The van der Waals surface area contributed by atoms with E-state index in [4.69, 9.17) is 14.2 Å². The molecule has 0 bridgehead atoms. The number of rotatable bonds is 8. The van der Waals surface area contributed by atoms with E-state index in [0.717, 1.165) is 11.1 Å². The van der Waals surface area contributed by atoms with Crippen LogP contribution in [0.15, 0.2) is 49.1 Å². The van der Waals surface area contributed by atoms with Crippen molar-refractivity contribution in [1.82, 2.24) is 29.7 Å². The summed E-state index contributed by atoms with van der Waals surface area (Å²) in [7, 11) is -1.03. The van der Waals surface area contributed by atoms with Gasteiger partial charge in [-0.25, -0.2) is 18.4 Å². The molecule has 0 amide bonds. The predicted molar refractivity (Wildman–Crippen MR) is 143 cm³/mol. The lowest BCUT2D eigenvalue weighted by Gasteiger charge is -2.30. The molecule has 0 aliphatic carbocycles. The van der Waals surface area contributed by atoms with Gasteiger partial charge < -0.3 is 14.2 Å². The van der Waals surface area contributed by atoms with Gasteiger partial charge in [0.25, 0.3) is 0 Å². The van der Waals surface area contributed by atoms with Gasteiger partial charge in [-0.15, -0.1) is 10.2 Å². The summed E-state index contributed by atoms with van der Waals surface area (Å²) in [5, 5.41) is 7.64. The monoisotopic (exact) mass is 551 g/mol. The van der Waals surface area contributed by atoms with Crippen LogP contribution >= 0.6 is 0 Å². The van der Waals surface area contributed by atoms with Crippen LogP contribution in [0.25, 0.3) is 17.1 Å². The molecular weight excluding hydrogens is 522 g/mol. The van der Waals surface area contributed by atoms with Gasteiger partial charge in [-0.2, -0.15) is 0 Å². The molecule has 5 rings (SSSR count). The van der Waals surface area contributed by atoms with Crippen molar-refractivity contribution in [1.29, 1.82) is 0 Å². The number of methoxy groups -OCH3 is 2. The zero-order chi connectivity index (χ0) is 27.6. The highest BCUT2D eigenvalue weighted by atomic mass is 32.2. The van der Waals surface area contributed by atoms with E-state index < -0.39 is 21.4 Å². The van der Waals surface area contributed by atoms with Crippen molar-refractivity contribution in [3.63, 3.8) is 0 Å². The van der Waals surface area contributed by atoms with Crippen LogP contribution in [0.2, 0.25) is 0 Å². The Kier molecular flexibility index (Phi) is 7.44. The lowest BCUT2D eigenvalue weighted by molar-refractivity contribution is 0.0126. The maximum absolute atomic E-state index is 13.9. The Morgan fingerprint density at radius 2 is 1.72 bits per heavy atom. The smallest absolute Gasteiger partial charge is 0.243 e. The third kappa shape index (κ3) is 5.27. The highest BCUT2D eigenvalue weighted by Gasteiger charge is 2.40. The molecule has 13 heteroatoms. The molecule has 4 heterocycles. The fourth-order valence-electron chi connectivity index (χ4n) is 4.54. The summed E-state index contributed by atoms with van der Waals surface area (Å²) in [6.07, 6.45) is 6.73. The third-order valence-electron chi connectivity index (χ3n) is 6.38. The first-order chi connectivity index (χ1) is 18.8. The Bertz CT molecular complexity index is 1550. The average molecular weight is 552 g/mol. The van der Waals surface area contributed by atoms with Crippen molar-refractivity contribution in [3.05, 3.63) is 66.0 Å². The second-order valence-corrected chi connectivity index (χ2v) is 11.1. The van der Waals surface area contributed by atoms with Crippen LogP contribution in [0.1, 0.15) is 35.9 Å². The molecule has 0 saturated carbocycles. The Morgan fingerprint density at radius 3 is 2.38 bits per heavy atom. The molecule has 12 nitrogen and oxygen atoms in total. The number of hydrogen-bond donors (Lipinski definition) is 1. The van der Waals surface area contributed by atoms with Crippen molar-refractivity contribution >= 4 is 16.0 Å². The zero-order valence-corrected chi connectivity index (χ0v) is 22.8. The number of aromatic nitrogens is 6. The van der Waals surface area contributed by atoms with E-state index >= 15 is 0 Å².